The molecule has 2 aromatic rings. The minimum atomic E-state index is -0.178. The topological polar surface area (TPSA) is 28.2 Å². The van der Waals surface area contributed by atoms with E-state index in [0.717, 1.165) is 28.8 Å². The second-order valence-electron chi connectivity index (χ2n) is 4.60. The van der Waals surface area contributed by atoms with Gasteiger partial charge in [-0.3, -0.25) is 0 Å². The Bertz CT molecular complexity index is 564. The van der Waals surface area contributed by atoms with Gasteiger partial charge in [0.05, 0.1) is 6.54 Å². The molecule has 1 N–H and O–H groups in total. The summed E-state index contributed by atoms with van der Waals surface area (Å²) in [7, 11) is 0. The largest absolute Gasteiger partial charge is 0.380 e. The van der Waals surface area contributed by atoms with E-state index in [0.29, 0.717) is 12.1 Å². The maximum Gasteiger partial charge on any atom is 0.185 e. The Balaban J connectivity index is 1.98. The number of aryl methyl sites for hydroxylation is 1. The molecule has 2 rings (SSSR count). The monoisotopic (exact) mass is 293 g/mol. The molecule has 0 aliphatic carbocycles. The summed E-state index contributed by atoms with van der Waals surface area (Å²) in [6, 6.07) is 5.21. The lowest BCUT2D eigenvalue weighted by Gasteiger charge is -2.16. The number of aromatic nitrogens is 1. The van der Waals surface area contributed by atoms with Gasteiger partial charge in [-0.05, 0) is 38.5 Å². The first-order valence-corrected chi connectivity index (χ1v) is 7.65. The Morgan fingerprint density at radius 1 is 1.30 bits per heavy atom. The summed E-state index contributed by atoms with van der Waals surface area (Å²) in [6.45, 7) is 8.59. The number of nitrogens with zero attached hydrogens (tertiary/aromatic N) is 2. The van der Waals surface area contributed by atoms with Gasteiger partial charge in [0.25, 0.3) is 0 Å². The van der Waals surface area contributed by atoms with E-state index in [4.69, 9.17) is 0 Å². The summed E-state index contributed by atoms with van der Waals surface area (Å²) in [5.41, 5.74) is 1.46. The Morgan fingerprint density at radius 2 is 2.05 bits per heavy atom. The van der Waals surface area contributed by atoms with Crippen LogP contribution in [0.3, 0.4) is 0 Å². The van der Waals surface area contributed by atoms with Crippen molar-refractivity contribution in [3.63, 3.8) is 0 Å². The molecule has 3 nitrogen and oxygen atoms in total. The predicted molar refractivity (Wildman–Crippen MR) is 84.1 cm³/mol. The van der Waals surface area contributed by atoms with Gasteiger partial charge < -0.3 is 10.2 Å². The van der Waals surface area contributed by atoms with Gasteiger partial charge in [0, 0.05) is 29.9 Å². The second kappa shape index (κ2) is 6.70. The van der Waals surface area contributed by atoms with Crippen molar-refractivity contribution >= 4 is 22.2 Å². The molecule has 0 aliphatic rings. The average molecular weight is 293 g/mol. The Kier molecular flexibility index (Phi) is 4.95. The van der Waals surface area contributed by atoms with Gasteiger partial charge in [0.1, 0.15) is 5.82 Å². The first kappa shape index (κ1) is 14.8. The first-order valence-electron chi connectivity index (χ1n) is 6.83. The number of halogens is 1. The summed E-state index contributed by atoms with van der Waals surface area (Å²) in [6.07, 6.45) is 1.88. The fraction of sp³-hybridized carbons (Fsp3) is 0.400. The number of benzene rings is 1. The molecule has 20 heavy (non-hydrogen) atoms. The number of anilines is 2. The molecule has 1 heterocycles. The molecule has 0 saturated carbocycles. The first-order chi connectivity index (χ1) is 9.63. The number of rotatable bonds is 6. The lowest BCUT2D eigenvalue weighted by atomic mass is 10.2. The molecule has 0 spiro atoms. The minimum Gasteiger partial charge on any atom is -0.380 e. The molecular weight excluding hydrogens is 273 g/mol. The van der Waals surface area contributed by atoms with E-state index >= 15 is 0 Å². The highest BCUT2D eigenvalue weighted by Gasteiger charge is 2.07. The van der Waals surface area contributed by atoms with Gasteiger partial charge in [-0.2, -0.15) is 0 Å². The van der Waals surface area contributed by atoms with Gasteiger partial charge in [-0.15, -0.1) is 11.3 Å². The van der Waals surface area contributed by atoms with E-state index in [1.807, 2.05) is 12.3 Å². The van der Waals surface area contributed by atoms with Gasteiger partial charge in [0.2, 0.25) is 0 Å². The van der Waals surface area contributed by atoms with Crippen molar-refractivity contribution in [1.29, 1.82) is 0 Å². The number of hydrogen-bond acceptors (Lipinski definition) is 4. The normalized spacial score (nSPS) is 10.6. The summed E-state index contributed by atoms with van der Waals surface area (Å²) >= 11 is 1.68. The quantitative estimate of drug-likeness (QED) is 0.871. The van der Waals surface area contributed by atoms with Crippen LogP contribution in [0, 0.1) is 12.7 Å². The van der Waals surface area contributed by atoms with Gasteiger partial charge in [-0.25, -0.2) is 9.37 Å². The average Bonchev–Trinajstić information content (AvgIpc) is 2.90. The molecule has 0 saturated heterocycles. The van der Waals surface area contributed by atoms with Crippen LogP contribution in [0.5, 0.6) is 0 Å². The third kappa shape index (κ3) is 3.48. The second-order valence-corrected chi connectivity index (χ2v) is 5.69. The van der Waals surface area contributed by atoms with Crippen LogP contribution in [0.4, 0.5) is 15.2 Å². The summed E-state index contributed by atoms with van der Waals surface area (Å²) < 4.78 is 13.5. The lowest BCUT2D eigenvalue weighted by Crippen LogP contribution is -2.21. The van der Waals surface area contributed by atoms with Crippen LogP contribution >= 0.6 is 11.3 Å². The fourth-order valence-corrected chi connectivity index (χ4v) is 2.89. The Morgan fingerprint density at radius 3 is 2.70 bits per heavy atom. The third-order valence-corrected chi connectivity index (χ3v) is 4.27. The van der Waals surface area contributed by atoms with Crippen molar-refractivity contribution in [2.75, 3.05) is 23.3 Å². The van der Waals surface area contributed by atoms with E-state index in [2.05, 4.69) is 29.0 Å². The standard InChI is InChI=1S/C15H20FN3S/c1-4-19(5-2)15-18-10-13(20-15)9-17-12-7-6-11(3)14(16)8-12/h6-8,10,17H,4-5,9H2,1-3H3. The van der Waals surface area contributed by atoms with Gasteiger partial charge in [-0.1, -0.05) is 6.07 Å². The molecule has 5 heteroatoms. The van der Waals surface area contributed by atoms with Crippen molar-refractivity contribution in [3.8, 4) is 0 Å². The highest BCUT2D eigenvalue weighted by Crippen LogP contribution is 2.23. The van der Waals surface area contributed by atoms with Crippen molar-refractivity contribution in [2.45, 2.75) is 27.3 Å². The molecule has 0 amide bonds. The van der Waals surface area contributed by atoms with Crippen molar-refractivity contribution in [3.05, 3.63) is 40.7 Å². The van der Waals surface area contributed by atoms with Crippen molar-refractivity contribution in [1.82, 2.24) is 4.98 Å². The van der Waals surface area contributed by atoms with Crippen LogP contribution in [0.15, 0.2) is 24.4 Å². The SMILES string of the molecule is CCN(CC)c1ncc(CNc2ccc(C)c(F)c2)s1. The number of hydrogen-bond donors (Lipinski definition) is 1. The van der Waals surface area contributed by atoms with Crippen molar-refractivity contribution < 1.29 is 4.39 Å². The van der Waals surface area contributed by atoms with E-state index in [1.54, 1.807) is 24.3 Å². The molecule has 0 unspecified atom stereocenters. The zero-order valence-electron chi connectivity index (χ0n) is 12.1. The predicted octanol–water partition coefficient (Wildman–Crippen LogP) is 4.05. The van der Waals surface area contributed by atoms with Crippen LogP contribution in [-0.4, -0.2) is 18.1 Å². The van der Waals surface area contributed by atoms with E-state index < -0.39 is 0 Å². The molecule has 0 aliphatic heterocycles. The zero-order valence-corrected chi connectivity index (χ0v) is 12.9. The van der Waals surface area contributed by atoms with Gasteiger partial charge in [0.15, 0.2) is 5.13 Å². The summed E-state index contributed by atoms with van der Waals surface area (Å²) in [5, 5.41) is 4.27. The van der Waals surface area contributed by atoms with E-state index in [9.17, 15) is 4.39 Å². The number of thiazole rings is 1. The molecule has 108 valence electrons. The van der Waals surface area contributed by atoms with Crippen LogP contribution in [0.25, 0.3) is 0 Å². The van der Waals surface area contributed by atoms with Crippen molar-refractivity contribution in [2.24, 2.45) is 0 Å². The minimum absolute atomic E-state index is 0.178. The van der Waals surface area contributed by atoms with Crippen LogP contribution in [-0.2, 0) is 6.54 Å². The molecule has 0 fully saturated rings. The zero-order chi connectivity index (χ0) is 14.5. The highest BCUT2D eigenvalue weighted by atomic mass is 32.1. The van der Waals surface area contributed by atoms with Crippen LogP contribution in [0.1, 0.15) is 24.3 Å². The lowest BCUT2D eigenvalue weighted by molar-refractivity contribution is 0.619. The summed E-state index contributed by atoms with van der Waals surface area (Å²) in [5.74, 6) is -0.178. The molecular formula is C15H20FN3S. The maximum atomic E-state index is 13.5. The van der Waals surface area contributed by atoms with Gasteiger partial charge >= 0.3 is 0 Å². The third-order valence-electron chi connectivity index (χ3n) is 3.21. The smallest absolute Gasteiger partial charge is 0.185 e. The Labute approximate surface area is 123 Å². The molecule has 1 aromatic carbocycles. The van der Waals surface area contributed by atoms with E-state index in [1.165, 1.54) is 6.07 Å². The molecule has 0 bridgehead atoms. The molecule has 1 aromatic heterocycles. The highest BCUT2D eigenvalue weighted by molar-refractivity contribution is 7.15. The molecule has 0 atom stereocenters. The number of nitrogens with one attached hydrogen (secondary N) is 1. The van der Waals surface area contributed by atoms with Crippen LogP contribution < -0.4 is 10.2 Å². The van der Waals surface area contributed by atoms with Crippen LogP contribution in [0.2, 0.25) is 0 Å². The van der Waals surface area contributed by atoms with E-state index in [-0.39, 0.29) is 5.82 Å². The fourth-order valence-electron chi connectivity index (χ4n) is 1.91. The summed E-state index contributed by atoms with van der Waals surface area (Å²) in [4.78, 5) is 7.80. The maximum absolute atomic E-state index is 13.5. The molecule has 0 radical (unpaired) electrons. The Hall–Kier alpha value is -1.62.